The van der Waals surface area contributed by atoms with Crippen LogP contribution in [0.3, 0.4) is 0 Å². The maximum absolute atomic E-state index is 13.4. The van der Waals surface area contributed by atoms with E-state index in [9.17, 15) is 14.3 Å². The molecule has 0 unspecified atom stereocenters. The first-order chi connectivity index (χ1) is 15.4. The number of halogens is 2. The number of anilines is 1. The van der Waals surface area contributed by atoms with E-state index in [1.54, 1.807) is 28.8 Å². The maximum Gasteiger partial charge on any atom is 0.259 e. The van der Waals surface area contributed by atoms with E-state index < -0.39 is 6.04 Å². The van der Waals surface area contributed by atoms with Gasteiger partial charge in [0, 0.05) is 49.1 Å². The fraction of sp³-hybridized carbons (Fsp3) is 0.320. The molecule has 0 aliphatic carbocycles. The zero-order valence-electron chi connectivity index (χ0n) is 18.3. The summed E-state index contributed by atoms with van der Waals surface area (Å²) in [6.45, 7) is 7.06. The molecule has 3 aromatic rings. The number of hydrogen-bond donors (Lipinski definition) is 1. The van der Waals surface area contributed by atoms with Gasteiger partial charge in [0.05, 0.1) is 11.6 Å². The first-order valence-corrected chi connectivity index (χ1v) is 11.2. The molecule has 1 fully saturated rings. The van der Waals surface area contributed by atoms with Crippen LogP contribution in [0.15, 0.2) is 59.4 Å². The van der Waals surface area contributed by atoms with Crippen molar-refractivity contribution in [2.75, 3.05) is 31.1 Å². The van der Waals surface area contributed by atoms with Gasteiger partial charge >= 0.3 is 0 Å². The van der Waals surface area contributed by atoms with Crippen LogP contribution >= 0.6 is 11.6 Å². The number of aryl methyl sites for hydroxylation is 1. The highest BCUT2D eigenvalue weighted by Gasteiger charge is 2.31. The highest BCUT2D eigenvalue weighted by molar-refractivity contribution is 6.30. The molecule has 1 saturated heterocycles. The van der Waals surface area contributed by atoms with Crippen LogP contribution in [0, 0.1) is 12.7 Å². The zero-order chi connectivity index (χ0) is 22.8. The summed E-state index contributed by atoms with van der Waals surface area (Å²) < 4.78 is 15.0. The van der Waals surface area contributed by atoms with E-state index in [4.69, 9.17) is 11.6 Å². The Morgan fingerprint density at radius 2 is 1.75 bits per heavy atom. The Bertz CT molecular complexity index is 1150. The fourth-order valence-corrected chi connectivity index (χ4v) is 4.74. The first-order valence-electron chi connectivity index (χ1n) is 10.8. The van der Waals surface area contributed by atoms with Gasteiger partial charge in [-0.25, -0.2) is 4.39 Å². The van der Waals surface area contributed by atoms with Gasteiger partial charge in [-0.1, -0.05) is 23.7 Å². The fourth-order valence-electron chi connectivity index (χ4n) is 4.55. The minimum Gasteiger partial charge on any atom is -0.507 e. The van der Waals surface area contributed by atoms with E-state index in [1.807, 2.05) is 32.0 Å². The molecule has 5 nitrogen and oxygen atoms in total. The number of hydrogen-bond acceptors (Lipinski definition) is 4. The Labute approximate surface area is 192 Å². The Morgan fingerprint density at radius 3 is 2.38 bits per heavy atom. The lowest BCUT2D eigenvalue weighted by molar-refractivity contribution is 0.207. The number of nitrogens with zero attached hydrogens (tertiary/aromatic N) is 3. The van der Waals surface area contributed by atoms with Crippen molar-refractivity contribution in [2.45, 2.75) is 26.4 Å². The average molecular weight is 456 g/mol. The third-order valence-electron chi connectivity index (χ3n) is 6.15. The van der Waals surface area contributed by atoms with E-state index >= 15 is 0 Å². The summed E-state index contributed by atoms with van der Waals surface area (Å²) in [5.41, 5.74) is 2.75. The Balaban J connectivity index is 1.71. The van der Waals surface area contributed by atoms with Crippen molar-refractivity contribution < 1.29 is 9.50 Å². The molecule has 32 heavy (non-hydrogen) atoms. The summed E-state index contributed by atoms with van der Waals surface area (Å²) in [6.07, 6.45) is 0. The average Bonchev–Trinajstić information content (AvgIpc) is 2.77. The summed E-state index contributed by atoms with van der Waals surface area (Å²) in [5.74, 6) is -0.251. The molecule has 0 amide bonds. The molecule has 0 spiro atoms. The number of aromatic nitrogens is 1. The number of rotatable bonds is 5. The van der Waals surface area contributed by atoms with E-state index in [2.05, 4.69) is 9.80 Å². The molecule has 1 N–H and O–H groups in total. The Hall–Kier alpha value is -2.83. The second-order valence-corrected chi connectivity index (χ2v) is 8.53. The standard InChI is InChI=1S/C25H27ClFN3O2/c1-3-30-17(2)15-22(31)23(25(30)32)24(18-5-4-6-19(26)16-18)29-13-11-28(12-14-29)21-9-7-20(27)8-10-21/h4-10,15-16,24,31H,3,11-14H2,1-2H3/t24-/m0/s1. The molecule has 0 saturated carbocycles. The molecular formula is C25H27ClFN3O2. The molecule has 168 valence electrons. The van der Waals surface area contributed by atoms with Gasteiger partial charge in [-0.15, -0.1) is 0 Å². The lowest BCUT2D eigenvalue weighted by Crippen LogP contribution is -2.49. The van der Waals surface area contributed by atoms with Crippen LogP contribution in [0.25, 0.3) is 0 Å². The number of aromatic hydroxyl groups is 1. The third kappa shape index (κ3) is 4.38. The monoisotopic (exact) mass is 455 g/mol. The summed E-state index contributed by atoms with van der Waals surface area (Å²) in [6, 6.07) is 15.2. The quantitative estimate of drug-likeness (QED) is 0.611. The highest BCUT2D eigenvalue weighted by atomic mass is 35.5. The normalized spacial score (nSPS) is 15.7. The van der Waals surface area contributed by atoms with Gasteiger partial charge in [0.25, 0.3) is 5.56 Å². The first kappa shape index (κ1) is 22.4. The zero-order valence-corrected chi connectivity index (χ0v) is 19.0. The van der Waals surface area contributed by atoms with Crippen LogP contribution in [0.5, 0.6) is 5.75 Å². The van der Waals surface area contributed by atoms with Crippen molar-refractivity contribution in [1.82, 2.24) is 9.47 Å². The topological polar surface area (TPSA) is 48.7 Å². The smallest absolute Gasteiger partial charge is 0.259 e. The van der Waals surface area contributed by atoms with Crippen molar-refractivity contribution in [3.8, 4) is 5.75 Å². The van der Waals surface area contributed by atoms with Crippen LogP contribution in [0.1, 0.15) is 29.8 Å². The largest absolute Gasteiger partial charge is 0.507 e. The SMILES string of the molecule is CCn1c(C)cc(O)c([C@H](c2cccc(Cl)c2)N2CCN(c3ccc(F)cc3)CC2)c1=O. The molecular weight excluding hydrogens is 429 g/mol. The third-order valence-corrected chi connectivity index (χ3v) is 6.38. The highest BCUT2D eigenvalue weighted by Crippen LogP contribution is 2.34. The lowest BCUT2D eigenvalue weighted by Gasteiger charge is -2.40. The molecule has 1 atom stereocenters. The van der Waals surface area contributed by atoms with Gasteiger partial charge in [-0.05, 0) is 61.9 Å². The molecule has 1 aliphatic rings. The Morgan fingerprint density at radius 1 is 1.06 bits per heavy atom. The minimum absolute atomic E-state index is 0.00291. The van der Waals surface area contributed by atoms with E-state index in [-0.39, 0.29) is 17.1 Å². The molecule has 1 aliphatic heterocycles. The number of benzene rings is 2. The van der Waals surface area contributed by atoms with Crippen molar-refractivity contribution in [2.24, 2.45) is 0 Å². The van der Waals surface area contributed by atoms with Crippen LogP contribution in [0.4, 0.5) is 10.1 Å². The van der Waals surface area contributed by atoms with Gasteiger partial charge < -0.3 is 14.6 Å². The molecule has 4 rings (SSSR count). The summed E-state index contributed by atoms with van der Waals surface area (Å²) in [4.78, 5) is 17.8. The van der Waals surface area contributed by atoms with Gasteiger partial charge in [0.15, 0.2) is 0 Å². The number of pyridine rings is 1. The van der Waals surface area contributed by atoms with E-state index in [0.717, 1.165) is 30.0 Å². The molecule has 2 aromatic carbocycles. The number of piperazine rings is 1. The minimum atomic E-state index is -0.421. The van der Waals surface area contributed by atoms with Crippen molar-refractivity contribution in [1.29, 1.82) is 0 Å². The second kappa shape index (κ2) is 9.35. The van der Waals surface area contributed by atoms with Crippen LogP contribution < -0.4 is 10.5 Å². The van der Waals surface area contributed by atoms with Gasteiger partial charge in [-0.2, -0.15) is 0 Å². The lowest BCUT2D eigenvalue weighted by atomic mass is 9.96. The van der Waals surface area contributed by atoms with Crippen molar-refractivity contribution in [3.63, 3.8) is 0 Å². The summed E-state index contributed by atoms with van der Waals surface area (Å²) >= 11 is 6.29. The molecule has 0 radical (unpaired) electrons. The second-order valence-electron chi connectivity index (χ2n) is 8.09. The van der Waals surface area contributed by atoms with Crippen LogP contribution in [-0.2, 0) is 6.54 Å². The van der Waals surface area contributed by atoms with E-state index in [1.165, 1.54) is 12.1 Å². The summed E-state index contributed by atoms with van der Waals surface area (Å²) in [7, 11) is 0. The van der Waals surface area contributed by atoms with Gasteiger partial charge in [0.2, 0.25) is 0 Å². The predicted octanol–water partition coefficient (Wildman–Crippen LogP) is 4.59. The van der Waals surface area contributed by atoms with E-state index in [0.29, 0.717) is 30.2 Å². The molecule has 2 heterocycles. The molecule has 0 bridgehead atoms. The van der Waals surface area contributed by atoms with Crippen molar-refractivity contribution >= 4 is 17.3 Å². The Kier molecular flexibility index (Phi) is 6.53. The predicted molar refractivity (Wildman–Crippen MR) is 126 cm³/mol. The molecule has 1 aromatic heterocycles. The van der Waals surface area contributed by atoms with Crippen molar-refractivity contribution in [3.05, 3.63) is 92.6 Å². The van der Waals surface area contributed by atoms with Crippen LogP contribution in [0.2, 0.25) is 5.02 Å². The van der Waals surface area contributed by atoms with Gasteiger partial charge in [0.1, 0.15) is 11.6 Å². The maximum atomic E-state index is 13.4. The van der Waals surface area contributed by atoms with Crippen LogP contribution in [-0.4, -0.2) is 40.8 Å². The molecule has 7 heteroatoms. The van der Waals surface area contributed by atoms with Gasteiger partial charge in [-0.3, -0.25) is 9.69 Å². The summed E-state index contributed by atoms with van der Waals surface area (Å²) in [5, 5.41) is 11.4.